The van der Waals surface area contributed by atoms with Crippen LogP contribution in [0.1, 0.15) is 56.9 Å². The Morgan fingerprint density at radius 1 is 1.07 bits per heavy atom. The van der Waals surface area contributed by atoms with E-state index < -0.39 is 0 Å². The number of amides is 2. The number of anilines is 1. The van der Waals surface area contributed by atoms with Crippen molar-refractivity contribution in [3.8, 4) is 5.75 Å². The highest BCUT2D eigenvalue weighted by Gasteiger charge is 2.19. The van der Waals surface area contributed by atoms with Gasteiger partial charge in [-0.05, 0) is 68.4 Å². The largest absolute Gasteiger partial charge is 0.490 e. The lowest BCUT2D eigenvalue weighted by Gasteiger charge is -2.28. The molecule has 30 heavy (non-hydrogen) atoms. The van der Waals surface area contributed by atoms with Crippen LogP contribution < -0.4 is 10.1 Å². The average molecular weight is 406 g/mol. The van der Waals surface area contributed by atoms with Crippen LogP contribution in [0.4, 0.5) is 10.5 Å². The van der Waals surface area contributed by atoms with Crippen molar-refractivity contribution in [1.29, 1.82) is 0 Å². The van der Waals surface area contributed by atoms with Gasteiger partial charge in [0.25, 0.3) is 0 Å². The summed E-state index contributed by atoms with van der Waals surface area (Å²) in [4.78, 5) is 18.4. The first-order chi connectivity index (χ1) is 14.8. The van der Waals surface area contributed by atoms with E-state index in [1.807, 2.05) is 17.0 Å². The van der Waals surface area contributed by atoms with E-state index in [1.54, 1.807) is 12.4 Å². The molecule has 1 aromatic carbocycles. The van der Waals surface area contributed by atoms with E-state index in [1.165, 1.54) is 49.7 Å². The van der Waals surface area contributed by atoms with E-state index in [0.29, 0.717) is 6.10 Å². The Morgan fingerprint density at radius 3 is 2.60 bits per heavy atom. The first-order valence-electron chi connectivity index (χ1n) is 11.2. The van der Waals surface area contributed by atoms with Crippen molar-refractivity contribution in [3.63, 3.8) is 0 Å². The van der Waals surface area contributed by atoms with E-state index >= 15 is 0 Å². The van der Waals surface area contributed by atoms with Gasteiger partial charge >= 0.3 is 6.03 Å². The molecule has 2 fully saturated rings. The second-order valence-corrected chi connectivity index (χ2v) is 8.27. The summed E-state index contributed by atoms with van der Waals surface area (Å²) in [5.74, 6) is 0.976. The Labute approximate surface area is 179 Å². The van der Waals surface area contributed by atoms with Gasteiger partial charge in [-0.3, -0.25) is 4.98 Å². The van der Waals surface area contributed by atoms with Crippen molar-refractivity contribution in [2.45, 2.75) is 57.5 Å². The summed E-state index contributed by atoms with van der Waals surface area (Å²) < 4.78 is 6.27. The highest BCUT2D eigenvalue weighted by Crippen LogP contribution is 2.25. The monoisotopic (exact) mass is 405 g/mol. The number of carbonyl (C=O) groups is 1. The van der Waals surface area contributed by atoms with Crippen LogP contribution in [-0.2, 0) is 0 Å². The molecule has 2 heterocycles. The molecule has 1 aliphatic heterocycles. The third kappa shape index (κ3) is 5.85. The summed E-state index contributed by atoms with van der Waals surface area (Å²) in [7, 11) is 0. The number of piperidine rings is 1. The minimum absolute atomic E-state index is 0.0548. The third-order valence-corrected chi connectivity index (χ3v) is 5.94. The molecule has 0 bridgehead atoms. The second-order valence-electron chi connectivity index (χ2n) is 8.27. The first-order valence-corrected chi connectivity index (χ1v) is 11.2. The minimum Gasteiger partial charge on any atom is -0.490 e. The molecular formula is C25H31N3O2. The first kappa shape index (κ1) is 20.5. The van der Waals surface area contributed by atoms with Crippen molar-refractivity contribution in [2.75, 3.05) is 18.4 Å². The zero-order chi connectivity index (χ0) is 20.6. The fourth-order valence-corrected chi connectivity index (χ4v) is 4.25. The maximum absolute atomic E-state index is 12.4. The van der Waals surface area contributed by atoms with Crippen LogP contribution in [0, 0.1) is 0 Å². The predicted octanol–water partition coefficient (Wildman–Crippen LogP) is 5.89. The molecule has 0 atom stereocenters. The lowest BCUT2D eigenvalue weighted by molar-refractivity contribution is 0.183. The van der Waals surface area contributed by atoms with Crippen LogP contribution in [0.2, 0.25) is 0 Å². The zero-order valence-corrected chi connectivity index (χ0v) is 17.6. The molecule has 2 amide bonds. The smallest absolute Gasteiger partial charge is 0.321 e. The topological polar surface area (TPSA) is 54.5 Å². The fourth-order valence-electron chi connectivity index (χ4n) is 4.25. The van der Waals surface area contributed by atoms with E-state index in [4.69, 9.17) is 4.74 Å². The second kappa shape index (κ2) is 10.3. The Morgan fingerprint density at radius 2 is 1.87 bits per heavy atom. The van der Waals surface area contributed by atoms with Crippen LogP contribution in [-0.4, -0.2) is 35.1 Å². The average Bonchev–Trinajstić information content (AvgIpc) is 3.04. The van der Waals surface area contributed by atoms with E-state index in [2.05, 4.69) is 40.6 Å². The SMILES string of the molecule is O=C(Nc1cccnc1)N1CCC(=Cc2cccc(OC3CCCCCC3)c2)CC1. The molecule has 1 saturated carbocycles. The molecule has 5 nitrogen and oxygen atoms in total. The molecule has 0 spiro atoms. The summed E-state index contributed by atoms with van der Waals surface area (Å²) in [5.41, 5.74) is 3.30. The molecule has 1 saturated heterocycles. The number of rotatable bonds is 4. The number of nitrogens with one attached hydrogen (secondary N) is 1. The van der Waals surface area contributed by atoms with Crippen molar-refractivity contribution >= 4 is 17.8 Å². The van der Waals surface area contributed by atoms with Gasteiger partial charge in [0.05, 0.1) is 18.0 Å². The number of pyridine rings is 1. The zero-order valence-electron chi connectivity index (χ0n) is 17.6. The van der Waals surface area contributed by atoms with Gasteiger partial charge in [0.2, 0.25) is 0 Å². The number of aromatic nitrogens is 1. The van der Waals surface area contributed by atoms with Crippen LogP contribution in [0.3, 0.4) is 0 Å². The molecule has 2 aliphatic rings. The standard InChI is InChI=1S/C25H31N3O2/c29-25(27-22-8-6-14-26-19-22)28-15-12-20(13-16-28)17-21-7-5-11-24(18-21)30-23-9-3-1-2-4-10-23/h5-8,11,14,17-19,23H,1-4,9-10,12-13,15-16H2,(H,27,29). The molecule has 1 N–H and O–H groups in total. The number of nitrogens with zero attached hydrogens (tertiary/aromatic N) is 2. The maximum atomic E-state index is 12.4. The fraction of sp³-hybridized carbons (Fsp3) is 0.440. The number of hydrogen-bond donors (Lipinski definition) is 1. The van der Waals surface area contributed by atoms with Crippen molar-refractivity contribution in [1.82, 2.24) is 9.88 Å². The summed E-state index contributed by atoms with van der Waals surface area (Å²) in [6.45, 7) is 1.46. The van der Waals surface area contributed by atoms with E-state index in [-0.39, 0.29) is 6.03 Å². The molecule has 1 aliphatic carbocycles. The highest BCUT2D eigenvalue weighted by molar-refractivity contribution is 5.89. The van der Waals surface area contributed by atoms with Gasteiger partial charge in [0, 0.05) is 19.3 Å². The summed E-state index contributed by atoms with van der Waals surface area (Å²) in [5, 5.41) is 2.92. The Balaban J connectivity index is 1.31. The van der Waals surface area contributed by atoms with E-state index in [9.17, 15) is 4.79 Å². The number of hydrogen-bond acceptors (Lipinski definition) is 3. The van der Waals surface area contributed by atoms with Gasteiger partial charge in [-0.2, -0.15) is 0 Å². The third-order valence-electron chi connectivity index (χ3n) is 5.94. The Hall–Kier alpha value is -2.82. The highest BCUT2D eigenvalue weighted by atomic mass is 16.5. The number of urea groups is 1. The quantitative estimate of drug-likeness (QED) is 0.645. The van der Waals surface area contributed by atoms with Crippen LogP contribution in [0.25, 0.3) is 6.08 Å². The molecule has 1 aromatic heterocycles. The van der Waals surface area contributed by atoms with Crippen molar-refractivity contribution < 1.29 is 9.53 Å². The van der Waals surface area contributed by atoms with Gasteiger partial charge in [-0.1, -0.05) is 36.6 Å². The molecule has 4 rings (SSSR count). The minimum atomic E-state index is -0.0548. The van der Waals surface area contributed by atoms with Gasteiger partial charge in [0.1, 0.15) is 5.75 Å². The number of carbonyl (C=O) groups excluding carboxylic acids is 1. The van der Waals surface area contributed by atoms with Gasteiger partial charge in [-0.25, -0.2) is 4.79 Å². The van der Waals surface area contributed by atoms with E-state index in [0.717, 1.165) is 37.4 Å². The summed E-state index contributed by atoms with van der Waals surface area (Å²) >= 11 is 0. The molecule has 2 aromatic rings. The van der Waals surface area contributed by atoms with Crippen LogP contribution in [0.15, 0.2) is 54.4 Å². The normalized spacial score (nSPS) is 17.9. The van der Waals surface area contributed by atoms with Crippen LogP contribution >= 0.6 is 0 Å². The lowest BCUT2D eigenvalue weighted by Crippen LogP contribution is -2.39. The molecule has 0 radical (unpaired) electrons. The Bertz CT molecular complexity index is 848. The molecule has 158 valence electrons. The number of benzene rings is 1. The molecular weight excluding hydrogens is 374 g/mol. The summed E-state index contributed by atoms with van der Waals surface area (Å²) in [6, 6.07) is 12.0. The van der Waals surface area contributed by atoms with Gasteiger partial charge < -0.3 is 15.0 Å². The predicted molar refractivity (Wildman–Crippen MR) is 121 cm³/mol. The number of ether oxygens (including phenoxy) is 1. The van der Waals surface area contributed by atoms with Crippen LogP contribution in [0.5, 0.6) is 5.75 Å². The maximum Gasteiger partial charge on any atom is 0.321 e. The summed E-state index contributed by atoms with van der Waals surface area (Å²) in [6.07, 6.45) is 15.3. The molecule has 0 unspecified atom stereocenters. The number of likely N-dealkylation sites (tertiary alicyclic amines) is 1. The van der Waals surface area contributed by atoms with Crippen molar-refractivity contribution in [3.05, 3.63) is 59.9 Å². The van der Waals surface area contributed by atoms with Crippen molar-refractivity contribution in [2.24, 2.45) is 0 Å². The Kier molecular flexibility index (Phi) is 7.01. The van der Waals surface area contributed by atoms with Gasteiger partial charge in [0.15, 0.2) is 0 Å². The molecule has 5 heteroatoms. The van der Waals surface area contributed by atoms with Gasteiger partial charge in [-0.15, -0.1) is 0 Å². The lowest BCUT2D eigenvalue weighted by atomic mass is 10.0.